The number of hydrogen-bond donors (Lipinski definition) is 0. The first-order valence-electron chi connectivity index (χ1n) is 8.71. The Morgan fingerprint density at radius 3 is 2.64 bits per heavy atom. The Kier molecular flexibility index (Phi) is 4.68. The van der Waals surface area contributed by atoms with Gasteiger partial charge in [-0.25, -0.2) is 4.39 Å². The molecule has 28 heavy (non-hydrogen) atoms. The molecule has 0 N–H and O–H groups in total. The number of halogens is 1. The second-order valence-corrected chi connectivity index (χ2v) is 6.41. The van der Waals surface area contributed by atoms with Crippen LogP contribution in [0.15, 0.2) is 47.0 Å². The van der Waals surface area contributed by atoms with Gasteiger partial charge in [0.15, 0.2) is 5.82 Å². The van der Waals surface area contributed by atoms with Gasteiger partial charge >= 0.3 is 0 Å². The molecule has 1 saturated heterocycles. The summed E-state index contributed by atoms with van der Waals surface area (Å²) in [5, 5.41) is 4.02. The van der Waals surface area contributed by atoms with Gasteiger partial charge in [0.05, 0.1) is 19.9 Å². The van der Waals surface area contributed by atoms with E-state index in [4.69, 9.17) is 14.0 Å². The lowest BCUT2D eigenvalue weighted by atomic mass is 10.1. The van der Waals surface area contributed by atoms with Gasteiger partial charge in [-0.2, -0.15) is 4.98 Å². The number of anilines is 1. The van der Waals surface area contributed by atoms with Gasteiger partial charge in [-0.3, -0.25) is 4.79 Å². The molecular formula is C20H18FN3O4. The molecule has 3 aromatic rings. The van der Waals surface area contributed by atoms with Crippen LogP contribution in [-0.4, -0.2) is 36.8 Å². The van der Waals surface area contributed by atoms with Gasteiger partial charge < -0.3 is 18.9 Å². The highest BCUT2D eigenvalue weighted by Gasteiger charge is 2.36. The average molecular weight is 383 g/mol. The molecule has 1 fully saturated rings. The molecule has 0 aliphatic carbocycles. The smallest absolute Gasteiger partial charge is 0.257 e. The predicted octanol–water partition coefficient (Wildman–Crippen LogP) is 3.41. The molecule has 0 radical (unpaired) electrons. The van der Waals surface area contributed by atoms with Crippen molar-refractivity contribution in [3.63, 3.8) is 0 Å². The number of amides is 1. The van der Waals surface area contributed by atoms with Crippen LogP contribution in [0.2, 0.25) is 0 Å². The minimum absolute atomic E-state index is 0.0541. The molecule has 2 aromatic carbocycles. The van der Waals surface area contributed by atoms with E-state index in [1.54, 1.807) is 49.5 Å². The highest BCUT2D eigenvalue weighted by Crippen LogP contribution is 2.38. The molecule has 0 spiro atoms. The second-order valence-electron chi connectivity index (χ2n) is 6.41. The SMILES string of the molecule is COc1ccc(N2CC(c3noc(-c4ccc(F)cc4)n3)CC2=O)c(OC)c1. The summed E-state index contributed by atoms with van der Waals surface area (Å²) >= 11 is 0. The van der Waals surface area contributed by atoms with Gasteiger partial charge in [-0.15, -0.1) is 0 Å². The molecule has 1 aliphatic heterocycles. The van der Waals surface area contributed by atoms with Crippen molar-refractivity contribution in [3.8, 4) is 23.0 Å². The number of benzene rings is 2. The van der Waals surface area contributed by atoms with Crippen molar-refractivity contribution >= 4 is 11.6 Å². The fourth-order valence-corrected chi connectivity index (χ4v) is 3.23. The Bertz CT molecular complexity index is 1000. The molecule has 0 saturated carbocycles. The number of ether oxygens (including phenoxy) is 2. The van der Waals surface area contributed by atoms with E-state index in [9.17, 15) is 9.18 Å². The fourth-order valence-electron chi connectivity index (χ4n) is 3.23. The lowest BCUT2D eigenvalue weighted by molar-refractivity contribution is -0.117. The van der Waals surface area contributed by atoms with Gasteiger partial charge in [0.1, 0.15) is 17.3 Å². The highest BCUT2D eigenvalue weighted by molar-refractivity contribution is 5.97. The van der Waals surface area contributed by atoms with E-state index in [2.05, 4.69) is 10.1 Å². The van der Waals surface area contributed by atoms with E-state index >= 15 is 0 Å². The molecule has 1 unspecified atom stereocenters. The molecule has 8 heteroatoms. The lowest BCUT2D eigenvalue weighted by Gasteiger charge is -2.19. The number of nitrogens with zero attached hydrogens (tertiary/aromatic N) is 3. The molecule has 1 aliphatic rings. The van der Waals surface area contributed by atoms with E-state index in [1.165, 1.54) is 12.1 Å². The monoisotopic (exact) mass is 383 g/mol. The zero-order chi connectivity index (χ0) is 19.7. The van der Waals surface area contributed by atoms with Crippen LogP contribution < -0.4 is 14.4 Å². The Hall–Kier alpha value is -3.42. The molecule has 0 bridgehead atoms. The molecule has 1 atom stereocenters. The number of rotatable bonds is 5. The maximum Gasteiger partial charge on any atom is 0.257 e. The maximum absolute atomic E-state index is 13.1. The average Bonchev–Trinajstić information content (AvgIpc) is 3.35. The van der Waals surface area contributed by atoms with E-state index in [-0.39, 0.29) is 24.1 Å². The summed E-state index contributed by atoms with van der Waals surface area (Å²) in [5.41, 5.74) is 1.29. The molecule has 1 aromatic heterocycles. The van der Waals surface area contributed by atoms with Crippen molar-refractivity contribution in [2.75, 3.05) is 25.7 Å². The molecule has 1 amide bonds. The number of methoxy groups -OCH3 is 2. The molecule has 4 rings (SSSR count). The van der Waals surface area contributed by atoms with Gasteiger partial charge in [0.2, 0.25) is 5.91 Å². The maximum atomic E-state index is 13.1. The summed E-state index contributed by atoms with van der Waals surface area (Å²) in [5.74, 6) is 1.33. The van der Waals surface area contributed by atoms with E-state index in [0.29, 0.717) is 41.0 Å². The number of carbonyl (C=O) groups is 1. The normalized spacial score (nSPS) is 16.5. The highest BCUT2D eigenvalue weighted by atomic mass is 19.1. The molecule has 7 nitrogen and oxygen atoms in total. The number of carbonyl (C=O) groups excluding carboxylic acids is 1. The van der Waals surface area contributed by atoms with Gasteiger partial charge in [0, 0.05) is 30.5 Å². The predicted molar refractivity (Wildman–Crippen MR) is 98.9 cm³/mol. The molecule has 144 valence electrons. The first-order valence-corrected chi connectivity index (χ1v) is 8.71. The van der Waals surface area contributed by atoms with E-state index in [1.807, 2.05) is 0 Å². The van der Waals surface area contributed by atoms with Crippen molar-refractivity contribution in [2.45, 2.75) is 12.3 Å². The van der Waals surface area contributed by atoms with Crippen LogP contribution in [0.4, 0.5) is 10.1 Å². The van der Waals surface area contributed by atoms with E-state index in [0.717, 1.165) is 0 Å². The molecular weight excluding hydrogens is 365 g/mol. The van der Waals surface area contributed by atoms with Crippen LogP contribution in [0.25, 0.3) is 11.5 Å². The Labute approximate surface area is 160 Å². The summed E-state index contributed by atoms with van der Waals surface area (Å²) in [4.78, 5) is 18.7. The zero-order valence-corrected chi connectivity index (χ0v) is 15.4. The third-order valence-electron chi connectivity index (χ3n) is 4.70. The van der Waals surface area contributed by atoms with Gasteiger partial charge in [0.25, 0.3) is 5.89 Å². The standard InChI is InChI=1S/C20H18FN3O4/c1-26-15-7-8-16(17(10-15)27-2)24-11-13(9-18(24)25)19-22-20(28-23-19)12-3-5-14(21)6-4-12/h3-8,10,13H,9,11H2,1-2H3. The minimum atomic E-state index is -0.339. The van der Waals surface area contributed by atoms with Crippen LogP contribution in [0.1, 0.15) is 18.2 Å². The first-order chi connectivity index (χ1) is 13.6. The van der Waals surface area contributed by atoms with E-state index < -0.39 is 0 Å². The van der Waals surface area contributed by atoms with Crippen LogP contribution in [0.5, 0.6) is 11.5 Å². The lowest BCUT2D eigenvalue weighted by Crippen LogP contribution is -2.24. The van der Waals surface area contributed by atoms with Crippen LogP contribution in [0.3, 0.4) is 0 Å². The van der Waals surface area contributed by atoms with Crippen molar-refractivity contribution in [1.82, 2.24) is 10.1 Å². The topological polar surface area (TPSA) is 77.7 Å². The van der Waals surface area contributed by atoms with Crippen molar-refractivity contribution in [3.05, 3.63) is 54.1 Å². The second kappa shape index (κ2) is 7.30. The first kappa shape index (κ1) is 18.0. The van der Waals surface area contributed by atoms with Crippen LogP contribution in [0, 0.1) is 5.82 Å². The number of hydrogen-bond acceptors (Lipinski definition) is 6. The Morgan fingerprint density at radius 1 is 1.14 bits per heavy atom. The summed E-state index contributed by atoms with van der Waals surface area (Å²) < 4.78 is 29.0. The zero-order valence-electron chi connectivity index (χ0n) is 15.4. The fraction of sp³-hybridized carbons (Fsp3) is 0.250. The largest absolute Gasteiger partial charge is 0.497 e. The summed E-state index contributed by atoms with van der Waals surface area (Å²) in [6.07, 6.45) is 0.261. The third-order valence-corrected chi connectivity index (χ3v) is 4.70. The van der Waals surface area contributed by atoms with Crippen molar-refractivity contribution < 1.29 is 23.2 Å². The quantitative estimate of drug-likeness (QED) is 0.672. The summed E-state index contributed by atoms with van der Waals surface area (Å²) in [6.45, 7) is 0.407. The third kappa shape index (κ3) is 3.28. The molecule has 2 heterocycles. The van der Waals surface area contributed by atoms with Gasteiger partial charge in [-0.1, -0.05) is 5.16 Å². The minimum Gasteiger partial charge on any atom is -0.497 e. The van der Waals surface area contributed by atoms with Crippen LogP contribution >= 0.6 is 0 Å². The summed E-state index contributed by atoms with van der Waals surface area (Å²) in [7, 11) is 3.12. The summed E-state index contributed by atoms with van der Waals surface area (Å²) in [6, 6.07) is 11.1. The van der Waals surface area contributed by atoms with Crippen molar-refractivity contribution in [2.24, 2.45) is 0 Å². The van der Waals surface area contributed by atoms with Crippen LogP contribution in [-0.2, 0) is 4.79 Å². The van der Waals surface area contributed by atoms with Crippen molar-refractivity contribution in [1.29, 1.82) is 0 Å². The number of aromatic nitrogens is 2. The Balaban J connectivity index is 1.56. The van der Waals surface area contributed by atoms with Gasteiger partial charge in [-0.05, 0) is 36.4 Å². The Morgan fingerprint density at radius 2 is 1.93 bits per heavy atom.